The van der Waals surface area contributed by atoms with Crippen LogP contribution in [0.4, 0.5) is 0 Å². The Morgan fingerprint density at radius 2 is 2.06 bits per heavy atom. The van der Waals surface area contributed by atoms with Crippen molar-refractivity contribution < 1.29 is 19.8 Å². The van der Waals surface area contributed by atoms with Crippen LogP contribution in [-0.4, -0.2) is 32.5 Å². The van der Waals surface area contributed by atoms with Crippen LogP contribution in [0.25, 0.3) is 11.3 Å². The molecule has 5 nitrogen and oxygen atoms in total. The van der Waals surface area contributed by atoms with E-state index in [4.69, 9.17) is 16.1 Å². The molecule has 18 heavy (non-hydrogen) atoms. The second kappa shape index (κ2) is 5.39. The molecule has 0 radical (unpaired) electrons. The van der Waals surface area contributed by atoms with Gasteiger partial charge in [0.05, 0.1) is 23.7 Å². The first-order valence-electron chi connectivity index (χ1n) is 5.29. The van der Waals surface area contributed by atoms with Crippen LogP contribution in [0.5, 0.6) is 5.75 Å². The van der Waals surface area contributed by atoms with Gasteiger partial charge in [-0.1, -0.05) is 11.2 Å². The number of alkyl halides is 1. The number of nitrogens with zero attached hydrogens (tertiary/aromatic N) is 1. The lowest BCUT2D eigenvalue weighted by Crippen LogP contribution is -2.19. The quantitative estimate of drug-likeness (QED) is 0.735. The summed E-state index contributed by atoms with van der Waals surface area (Å²) in [6.07, 6.45) is -0.741. The molecular formula is C12H12ClNO4. The Labute approximate surface area is 108 Å². The lowest BCUT2D eigenvalue weighted by atomic mass is 10.0. The van der Waals surface area contributed by atoms with Crippen molar-refractivity contribution >= 4 is 11.6 Å². The van der Waals surface area contributed by atoms with Crippen molar-refractivity contribution in [3.05, 3.63) is 36.0 Å². The first-order valence-corrected chi connectivity index (χ1v) is 5.83. The summed E-state index contributed by atoms with van der Waals surface area (Å²) in [5.41, 5.74) is 0.832. The van der Waals surface area contributed by atoms with E-state index < -0.39 is 12.2 Å². The number of phenolic OH excluding ortho intramolecular Hbond substituents is 1. The first kappa shape index (κ1) is 12.9. The molecule has 1 aromatic carbocycles. The molecule has 6 heteroatoms. The third-order valence-corrected chi connectivity index (χ3v) is 2.90. The Hall–Kier alpha value is -1.56. The van der Waals surface area contributed by atoms with Gasteiger partial charge < -0.3 is 19.8 Å². The van der Waals surface area contributed by atoms with Crippen LogP contribution in [0.2, 0.25) is 0 Å². The minimum atomic E-state index is -1.12. The van der Waals surface area contributed by atoms with Gasteiger partial charge in [0.1, 0.15) is 11.9 Å². The Morgan fingerprint density at radius 1 is 1.28 bits per heavy atom. The van der Waals surface area contributed by atoms with Crippen molar-refractivity contribution in [1.29, 1.82) is 0 Å². The second-order valence-corrected chi connectivity index (χ2v) is 4.13. The Balaban J connectivity index is 2.38. The van der Waals surface area contributed by atoms with Crippen LogP contribution in [0.3, 0.4) is 0 Å². The average Bonchev–Trinajstić information content (AvgIpc) is 2.91. The third kappa shape index (κ3) is 2.48. The largest absolute Gasteiger partial charge is 0.507 e. The molecule has 0 fully saturated rings. The molecule has 0 saturated carbocycles. The van der Waals surface area contributed by atoms with Crippen molar-refractivity contribution in [1.82, 2.24) is 5.16 Å². The van der Waals surface area contributed by atoms with Gasteiger partial charge in [0.15, 0.2) is 5.76 Å². The zero-order chi connectivity index (χ0) is 13.1. The minimum absolute atomic E-state index is 0.00284. The molecule has 3 N–H and O–H groups in total. The van der Waals surface area contributed by atoms with Crippen LogP contribution in [-0.2, 0) is 0 Å². The Bertz CT molecular complexity index is 515. The fourth-order valence-corrected chi connectivity index (χ4v) is 1.77. The number of halogens is 1. The van der Waals surface area contributed by atoms with E-state index in [9.17, 15) is 15.3 Å². The lowest BCUT2D eigenvalue weighted by molar-refractivity contribution is 0.0327. The Kier molecular flexibility index (Phi) is 3.86. The van der Waals surface area contributed by atoms with Gasteiger partial charge in [-0.2, -0.15) is 0 Å². The van der Waals surface area contributed by atoms with Gasteiger partial charge in [-0.05, 0) is 17.7 Å². The average molecular weight is 270 g/mol. The summed E-state index contributed by atoms with van der Waals surface area (Å²) >= 11 is 5.48. The summed E-state index contributed by atoms with van der Waals surface area (Å²) < 4.78 is 4.94. The summed E-state index contributed by atoms with van der Waals surface area (Å²) in [6.45, 7) is 0. The van der Waals surface area contributed by atoms with Gasteiger partial charge in [0, 0.05) is 6.07 Å². The van der Waals surface area contributed by atoms with E-state index in [1.54, 1.807) is 6.07 Å². The van der Waals surface area contributed by atoms with E-state index in [0.717, 1.165) is 0 Å². The molecular weight excluding hydrogens is 258 g/mol. The van der Waals surface area contributed by atoms with Gasteiger partial charge in [0.2, 0.25) is 0 Å². The lowest BCUT2D eigenvalue weighted by Gasteiger charge is -2.16. The normalized spacial score (nSPS) is 14.4. The van der Waals surface area contributed by atoms with Crippen molar-refractivity contribution in [2.45, 2.75) is 12.2 Å². The standard InChI is InChI=1S/C12H12ClNO4/c13-6-10(16)12(17)7-1-2-9(15)8(5-7)11-3-4-14-18-11/h1-5,10,12,15-17H,6H2. The van der Waals surface area contributed by atoms with Gasteiger partial charge >= 0.3 is 0 Å². The predicted octanol–water partition coefficient (Wildman–Crippen LogP) is 1.68. The van der Waals surface area contributed by atoms with Crippen LogP contribution in [0.15, 0.2) is 35.0 Å². The fraction of sp³-hybridized carbons (Fsp3) is 0.250. The third-order valence-electron chi connectivity index (χ3n) is 2.59. The summed E-state index contributed by atoms with van der Waals surface area (Å²) in [5, 5.41) is 32.6. The molecule has 96 valence electrons. The van der Waals surface area contributed by atoms with Gasteiger partial charge in [-0.3, -0.25) is 0 Å². The molecule has 0 aliphatic rings. The maximum Gasteiger partial charge on any atom is 0.170 e. The summed E-state index contributed by atoms with van der Waals surface area (Å²) in [7, 11) is 0. The van der Waals surface area contributed by atoms with E-state index in [-0.39, 0.29) is 11.6 Å². The van der Waals surface area contributed by atoms with Gasteiger partial charge in [-0.15, -0.1) is 11.6 Å². The zero-order valence-corrected chi connectivity index (χ0v) is 10.1. The number of aromatic nitrogens is 1. The number of hydrogen-bond donors (Lipinski definition) is 3. The SMILES string of the molecule is Oc1ccc(C(O)C(O)CCl)cc1-c1ccno1. The van der Waals surface area contributed by atoms with Gasteiger partial charge in [0.25, 0.3) is 0 Å². The number of benzene rings is 1. The number of phenols is 1. The fourth-order valence-electron chi connectivity index (χ4n) is 1.60. The van der Waals surface area contributed by atoms with E-state index in [0.29, 0.717) is 16.9 Å². The summed E-state index contributed by atoms with van der Waals surface area (Å²) in [5.74, 6) is 0.296. The topological polar surface area (TPSA) is 86.7 Å². The summed E-state index contributed by atoms with van der Waals surface area (Å²) in [4.78, 5) is 0. The molecule has 2 rings (SSSR count). The van der Waals surface area contributed by atoms with Crippen molar-refractivity contribution in [3.63, 3.8) is 0 Å². The number of hydrogen-bond acceptors (Lipinski definition) is 5. The highest BCUT2D eigenvalue weighted by atomic mass is 35.5. The molecule has 0 spiro atoms. The van der Waals surface area contributed by atoms with Crippen LogP contribution >= 0.6 is 11.6 Å². The van der Waals surface area contributed by atoms with Crippen LogP contribution in [0.1, 0.15) is 11.7 Å². The van der Waals surface area contributed by atoms with Crippen molar-refractivity contribution in [3.8, 4) is 17.1 Å². The van der Waals surface area contributed by atoms with Gasteiger partial charge in [-0.25, -0.2) is 0 Å². The number of aliphatic hydroxyl groups excluding tert-OH is 2. The number of aliphatic hydroxyl groups is 2. The van der Waals surface area contributed by atoms with Crippen molar-refractivity contribution in [2.75, 3.05) is 5.88 Å². The molecule has 1 aromatic heterocycles. The van der Waals surface area contributed by atoms with E-state index in [1.807, 2.05) is 0 Å². The number of aromatic hydroxyl groups is 1. The van der Waals surface area contributed by atoms with Crippen LogP contribution < -0.4 is 0 Å². The monoisotopic (exact) mass is 269 g/mol. The molecule has 0 amide bonds. The maximum absolute atomic E-state index is 9.84. The molecule has 0 saturated heterocycles. The highest BCUT2D eigenvalue weighted by Crippen LogP contribution is 2.32. The predicted molar refractivity (Wildman–Crippen MR) is 65.3 cm³/mol. The molecule has 0 bridgehead atoms. The molecule has 1 heterocycles. The minimum Gasteiger partial charge on any atom is -0.507 e. The molecule has 0 aliphatic carbocycles. The molecule has 2 unspecified atom stereocenters. The van der Waals surface area contributed by atoms with E-state index in [2.05, 4.69) is 5.16 Å². The smallest absolute Gasteiger partial charge is 0.170 e. The maximum atomic E-state index is 9.84. The summed E-state index contributed by atoms with van der Waals surface area (Å²) in [6, 6.07) is 6.03. The van der Waals surface area contributed by atoms with E-state index >= 15 is 0 Å². The Morgan fingerprint density at radius 3 is 2.67 bits per heavy atom. The highest BCUT2D eigenvalue weighted by Gasteiger charge is 2.19. The molecule has 0 aliphatic heterocycles. The van der Waals surface area contributed by atoms with E-state index in [1.165, 1.54) is 24.4 Å². The number of rotatable bonds is 4. The van der Waals surface area contributed by atoms with Crippen LogP contribution in [0, 0.1) is 0 Å². The van der Waals surface area contributed by atoms with Crippen molar-refractivity contribution in [2.24, 2.45) is 0 Å². The first-order chi connectivity index (χ1) is 8.63. The second-order valence-electron chi connectivity index (χ2n) is 3.82. The zero-order valence-electron chi connectivity index (χ0n) is 9.32. The molecule has 2 aromatic rings. The highest BCUT2D eigenvalue weighted by molar-refractivity contribution is 6.18. The molecule has 2 atom stereocenters.